The molecule has 1 aromatic carbocycles. The Hall–Kier alpha value is -3.47. The van der Waals surface area contributed by atoms with Crippen molar-refractivity contribution in [1.82, 2.24) is 29.8 Å². The van der Waals surface area contributed by atoms with Crippen LogP contribution in [-0.2, 0) is 7.05 Å². The molecule has 2 heterocycles. The van der Waals surface area contributed by atoms with Gasteiger partial charge in [-0.25, -0.2) is 14.2 Å². The molecule has 10 nitrogen and oxygen atoms in total. The number of amides is 1. The molecule has 0 fully saturated rings. The number of nitrogens with zero attached hydrogens (tertiary/aromatic N) is 5. The van der Waals surface area contributed by atoms with Crippen molar-refractivity contribution in [2.45, 2.75) is 6.04 Å². The van der Waals surface area contributed by atoms with Gasteiger partial charge in [-0.05, 0) is 29.3 Å². The first-order valence-electron chi connectivity index (χ1n) is 8.04. The lowest BCUT2D eigenvalue weighted by Gasteiger charge is -2.19. The molecule has 0 saturated carbocycles. The molecule has 3 aromatic rings. The van der Waals surface area contributed by atoms with Gasteiger partial charge in [0, 0.05) is 19.8 Å². The first-order valence-corrected chi connectivity index (χ1v) is 8.42. The normalized spacial score (nSPS) is 11.7. The van der Waals surface area contributed by atoms with Crippen LogP contribution in [0.4, 0.5) is 26.9 Å². The molecule has 0 saturated heterocycles. The molecule has 0 bridgehead atoms. The number of hydrogen-bond donors (Lipinski definition) is 4. The minimum atomic E-state index is -1.19. The molecule has 0 aliphatic rings. The lowest BCUT2D eigenvalue weighted by Crippen LogP contribution is -2.30. The predicted molar refractivity (Wildman–Crippen MR) is 100 cm³/mol. The molecule has 12 heteroatoms. The second kappa shape index (κ2) is 8.48. The van der Waals surface area contributed by atoms with E-state index in [1.807, 2.05) is 7.05 Å². The van der Waals surface area contributed by atoms with Gasteiger partial charge in [-0.2, -0.15) is 15.0 Å². The molecule has 2 aromatic heterocycles. The second-order valence-electron chi connectivity index (χ2n) is 5.74. The molecule has 28 heavy (non-hydrogen) atoms. The van der Waals surface area contributed by atoms with Gasteiger partial charge in [0.2, 0.25) is 17.2 Å². The molecular formula is C16H16ClFN8O2. The number of carboxylic acid groups (broad SMARTS) is 1. The van der Waals surface area contributed by atoms with E-state index >= 15 is 0 Å². The van der Waals surface area contributed by atoms with Crippen LogP contribution in [-0.4, -0.2) is 42.2 Å². The van der Waals surface area contributed by atoms with Crippen molar-refractivity contribution in [1.29, 1.82) is 0 Å². The van der Waals surface area contributed by atoms with Gasteiger partial charge in [0.15, 0.2) is 5.82 Å². The van der Waals surface area contributed by atoms with Crippen molar-refractivity contribution in [2.75, 3.05) is 17.2 Å². The highest BCUT2D eigenvalue weighted by Gasteiger charge is 2.16. The molecular weight excluding hydrogens is 391 g/mol. The first kappa shape index (κ1) is 19.3. The summed E-state index contributed by atoms with van der Waals surface area (Å²) in [5, 5.41) is 17.0. The zero-order valence-electron chi connectivity index (χ0n) is 14.6. The molecule has 1 unspecified atom stereocenters. The Morgan fingerprint density at radius 1 is 1.25 bits per heavy atom. The highest BCUT2D eigenvalue weighted by molar-refractivity contribution is 6.28. The molecule has 146 valence electrons. The zero-order chi connectivity index (χ0) is 20.1. The van der Waals surface area contributed by atoms with Crippen LogP contribution < -0.4 is 16.0 Å². The maximum Gasteiger partial charge on any atom is 0.404 e. The lowest BCUT2D eigenvalue weighted by molar-refractivity contribution is 0.194. The van der Waals surface area contributed by atoms with Gasteiger partial charge in [-0.15, -0.1) is 0 Å². The van der Waals surface area contributed by atoms with Crippen LogP contribution in [0.15, 0.2) is 36.8 Å². The Morgan fingerprint density at radius 3 is 2.61 bits per heavy atom. The summed E-state index contributed by atoms with van der Waals surface area (Å²) in [6.45, 7) is -0.00668. The van der Waals surface area contributed by atoms with Crippen molar-refractivity contribution >= 4 is 35.4 Å². The van der Waals surface area contributed by atoms with Crippen molar-refractivity contribution in [3.63, 3.8) is 0 Å². The fourth-order valence-corrected chi connectivity index (χ4v) is 2.52. The zero-order valence-corrected chi connectivity index (χ0v) is 15.4. The van der Waals surface area contributed by atoms with Crippen LogP contribution in [0, 0.1) is 5.82 Å². The summed E-state index contributed by atoms with van der Waals surface area (Å²) in [5.74, 6) is 0.377. The fourth-order valence-electron chi connectivity index (χ4n) is 2.35. The van der Waals surface area contributed by atoms with Gasteiger partial charge in [0.05, 0.1) is 12.4 Å². The summed E-state index contributed by atoms with van der Waals surface area (Å²) in [4.78, 5) is 27.2. The average molecular weight is 407 g/mol. The second-order valence-corrected chi connectivity index (χ2v) is 6.07. The van der Waals surface area contributed by atoms with Crippen molar-refractivity contribution < 1.29 is 14.3 Å². The average Bonchev–Trinajstić information content (AvgIpc) is 3.03. The number of benzene rings is 1. The monoisotopic (exact) mass is 406 g/mol. The summed E-state index contributed by atoms with van der Waals surface area (Å²) in [5.41, 5.74) is 0.630. The Morgan fingerprint density at radius 2 is 1.96 bits per heavy atom. The van der Waals surface area contributed by atoms with E-state index in [4.69, 9.17) is 16.7 Å². The predicted octanol–water partition coefficient (Wildman–Crippen LogP) is 2.56. The van der Waals surface area contributed by atoms with Crippen LogP contribution in [0.25, 0.3) is 0 Å². The van der Waals surface area contributed by atoms with E-state index in [-0.39, 0.29) is 23.7 Å². The van der Waals surface area contributed by atoms with Gasteiger partial charge in [-0.1, -0.05) is 12.1 Å². The van der Waals surface area contributed by atoms with Gasteiger partial charge in [0.1, 0.15) is 5.82 Å². The van der Waals surface area contributed by atoms with Gasteiger partial charge in [-0.3, -0.25) is 0 Å². The van der Waals surface area contributed by atoms with Crippen molar-refractivity contribution in [2.24, 2.45) is 7.05 Å². The minimum absolute atomic E-state index is 0.00668. The number of halogens is 2. The summed E-state index contributed by atoms with van der Waals surface area (Å²) in [6, 6.07) is 5.05. The van der Waals surface area contributed by atoms with E-state index < -0.39 is 18.0 Å². The maximum atomic E-state index is 13.2. The van der Waals surface area contributed by atoms with E-state index in [2.05, 4.69) is 35.9 Å². The van der Waals surface area contributed by atoms with Gasteiger partial charge >= 0.3 is 6.09 Å². The third-order valence-corrected chi connectivity index (χ3v) is 3.76. The number of anilines is 3. The third-order valence-electron chi connectivity index (χ3n) is 3.59. The summed E-state index contributed by atoms with van der Waals surface area (Å²) in [6.07, 6.45) is 2.13. The van der Waals surface area contributed by atoms with Crippen LogP contribution in [0.2, 0.25) is 5.28 Å². The standard InChI is InChI=1S/C16H16ClFN8O2/c1-26-7-12(20-8-26)22-15-24-13(17)23-14(25-15)21-11(6-19-16(27)28)9-2-4-10(18)5-3-9/h2-5,7-8,11,19H,6H2,1H3,(H,27,28)(H2,21,22,23,24,25). The Bertz CT molecular complexity index is 966. The Kier molecular flexibility index (Phi) is 5.84. The molecule has 0 aliphatic carbocycles. The smallest absolute Gasteiger partial charge is 0.404 e. The molecule has 0 aliphatic heterocycles. The molecule has 1 amide bonds. The van der Waals surface area contributed by atoms with Crippen molar-refractivity contribution in [3.8, 4) is 0 Å². The molecule has 3 rings (SSSR count). The SMILES string of the molecule is Cn1cnc(Nc2nc(Cl)nc(NC(CNC(=O)O)c3ccc(F)cc3)n2)c1. The van der Waals surface area contributed by atoms with Crippen LogP contribution >= 0.6 is 11.6 Å². The van der Waals surface area contributed by atoms with Crippen molar-refractivity contribution in [3.05, 3.63) is 53.5 Å². The van der Waals surface area contributed by atoms with Crippen LogP contribution in [0.1, 0.15) is 11.6 Å². The van der Waals surface area contributed by atoms with E-state index in [0.29, 0.717) is 11.4 Å². The summed E-state index contributed by atoms with van der Waals surface area (Å²) < 4.78 is 15.0. The molecule has 0 radical (unpaired) electrons. The first-order chi connectivity index (χ1) is 13.4. The lowest BCUT2D eigenvalue weighted by atomic mass is 10.1. The quantitative estimate of drug-likeness (QED) is 0.471. The summed E-state index contributed by atoms with van der Waals surface area (Å²) >= 11 is 5.97. The minimum Gasteiger partial charge on any atom is -0.465 e. The topological polar surface area (TPSA) is 130 Å². The summed E-state index contributed by atoms with van der Waals surface area (Å²) in [7, 11) is 1.81. The highest BCUT2D eigenvalue weighted by Crippen LogP contribution is 2.20. The fraction of sp³-hybridized carbons (Fsp3) is 0.188. The number of aromatic nitrogens is 5. The number of carbonyl (C=O) groups is 1. The molecule has 0 spiro atoms. The van der Waals surface area contributed by atoms with Crippen LogP contribution in [0.3, 0.4) is 0 Å². The van der Waals surface area contributed by atoms with Gasteiger partial charge < -0.3 is 25.6 Å². The molecule has 4 N–H and O–H groups in total. The molecule has 1 atom stereocenters. The Balaban J connectivity index is 1.82. The van der Waals surface area contributed by atoms with E-state index in [1.165, 1.54) is 24.3 Å². The number of aryl methyl sites for hydroxylation is 1. The Labute approximate surface area is 163 Å². The van der Waals surface area contributed by atoms with Crippen LogP contribution in [0.5, 0.6) is 0 Å². The van der Waals surface area contributed by atoms with Gasteiger partial charge in [0.25, 0.3) is 0 Å². The number of rotatable bonds is 7. The number of imidazole rings is 1. The number of nitrogens with one attached hydrogen (secondary N) is 3. The third kappa shape index (κ3) is 5.27. The largest absolute Gasteiger partial charge is 0.465 e. The van der Waals surface area contributed by atoms with E-state index in [9.17, 15) is 9.18 Å². The highest BCUT2D eigenvalue weighted by atomic mass is 35.5. The number of hydrogen-bond acceptors (Lipinski definition) is 7. The maximum absolute atomic E-state index is 13.2. The van der Waals surface area contributed by atoms with E-state index in [0.717, 1.165) is 0 Å². The van der Waals surface area contributed by atoms with E-state index in [1.54, 1.807) is 17.1 Å².